The molecule has 1 aromatic heterocycles. The predicted molar refractivity (Wildman–Crippen MR) is 119 cm³/mol. The summed E-state index contributed by atoms with van der Waals surface area (Å²) in [5.74, 6) is 0.445. The average Bonchev–Trinajstić information content (AvgIpc) is 2.74. The average molecular weight is 393 g/mol. The molecule has 0 saturated heterocycles. The second-order valence-electron chi connectivity index (χ2n) is 7.07. The zero-order chi connectivity index (χ0) is 20.6. The van der Waals surface area contributed by atoms with Crippen LogP contribution in [0.2, 0.25) is 0 Å². The van der Waals surface area contributed by atoms with Gasteiger partial charge in [-0.05, 0) is 44.4 Å². The maximum absolute atomic E-state index is 13.1. The molecule has 0 unspecified atom stereocenters. The molecule has 1 heterocycles. The molecule has 0 fully saturated rings. The molecule has 29 heavy (non-hydrogen) atoms. The summed E-state index contributed by atoms with van der Waals surface area (Å²) >= 11 is 0. The molecule has 0 bridgehead atoms. The normalized spacial score (nSPS) is 11.9. The Morgan fingerprint density at radius 3 is 2.59 bits per heavy atom. The fraction of sp³-hybridized carbons (Fsp3) is 0.348. The van der Waals surface area contributed by atoms with Gasteiger partial charge in [0.15, 0.2) is 0 Å². The van der Waals surface area contributed by atoms with Crippen LogP contribution in [0, 0.1) is 0 Å². The van der Waals surface area contributed by atoms with E-state index in [0.717, 1.165) is 24.1 Å². The van der Waals surface area contributed by atoms with Crippen LogP contribution in [0.4, 0.5) is 5.95 Å². The highest BCUT2D eigenvalue weighted by Crippen LogP contribution is 2.13. The van der Waals surface area contributed by atoms with Gasteiger partial charge < -0.3 is 4.74 Å². The van der Waals surface area contributed by atoms with E-state index in [9.17, 15) is 4.79 Å². The van der Waals surface area contributed by atoms with Gasteiger partial charge in [-0.3, -0.25) is 9.36 Å². The van der Waals surface area contributed by atoms with Crippen molar-refractivity contribution in [3.05, 3.63) is 70.5 Å². The molecular weight excluding hydrogens is 364 g/mol. The summed E-state index contributed by atoms with van der Waals surface area (Å²) in [5.41, 5.74) is 5.58. The van der Waals surface area contributed by atoms with Gasteiger partial charge in [-0.25, -0.2) is 10.4 Å². The summed E-state index contributed by atoms with van der Waals surface area (Å²) in [7, 11) is 0. The van der Waals surface area contributed by atoms with Crippen molar-refractivity contribution in [2.75, 3.05) is 12.0 Å². The number of nitrogens with one attached hydrogen (secondary N) is 1. The van der Waals surface area contributed by atoms with E-state index < -0.39 is 0 Å². The van der Waals surface area contributed by atoms with E-state index >= 15 is 0 Å². The predicted octanol–water partition coefficient (Wildman–Crippen LogP) is 4.44. The molecule has 6 nitrogen and oxygen atoms in total. The lowest BCUT2D eigenvalue weighted by molar-refractivity contribution is 0.0748. The molecule has 2 aromatic carbocycles. The first-order valence-electron chi connectivity index (χ1n) is 10.1. The number of nitrogens with zero attached hydrogens (tertiary/aromatic N) is 3. The minimum absolute atomic E-state index is 0.0735. The third kappa shape index (κ3) is 5.29. The van der Waals surface area contributed by atoms with Crippen LogP contribution in [0.5, 0.6) is 0 Å². The van der Waals surface area contributed by atoms with Gasteiger partial charge in [-0.1, -0.05) is 49.4 Å². The lowest BCUT2D eigenvalue weighted by Gasteiger charge is -2.14. The molecule has 0 aliphatic heterocycles. The van der Waals surface area contributed by atoms with Gasteiger partial charge in [0.2, 0.25) is 5.95 Å². The van der Waals surface area contributed by atoms with Gasteiger partial charge in [-0.15, -0.1) is 0 Å². The van der Waals surface area contributed by atoms with Crippen LogP contribution in [-0.4, -0.2) is 28.0 Å². The van der Waals surface area contributed by atoms with Gasteiger partial charge >= 0.3 is 0 Å². The maximum Gasteiger partial charge on any atom is 0.262 e. The van der Waals surface area contributed by atoms with Crippen molar-refractivity contribution in [1.29, 1.82) is 0 Å². The number of rotatable bonds is 9. The topological polar surface area (TPSA) is 68.5 Å². The molecule has 0 aliphatic rings. The molecule has 1 N–H and O–H groups in total. The Kier molecular flexibility index (Phi) is 7.14. The first kappa shape index (κ1) is 20.7. The zero-order valence-corrected chi connectivity index (χ0v) is 17.3. The number of anilines is 1. The summed E-state index contributed by atoms with van der Waals surface area (Å²) in [6, 6.07) is 17.4. The van der Waals surface area contributed by atoms with Crippen LogP contribution < -0.4 is 11.0 Å². The van der Waals surface area contributed by atoms with E-state index in [0.29, 0.717) is 30.0 Å². The van der Waals surface area contributed by atoms with E-state index in [-0.39, 0.29) is 11.7 Å². The monoisotopic (exact) mass is 392 g/mol. The molecule has 0 atom stereocenters. The van der Waals surface area contributed by atoms with E-state index in [1.165, 1.54) is 0 Å². The molecule has 0 aliphatic carbocycles. The Bertz CT molecular complexity index is 1030. The van der Waals surface area contributed by atoms with Crippen LogP contribution in [0.25, 0.3) is 10.9 Å². The van der Waals surface area contributed by atoms with E-state index in [4.69, 9.17) is 4.74 Å². The molecule has 0 radical (unpaired) electrons. The first-order chi connectivity index (χ1) is 14.1. The van der Waals surface area contributed by atoms with Crippen LogP contribution in [0.3, 0.4) is 0 Å². The van der Waals surface area contributed by atoms with Gasteiger partial charge in [-0.2, -0.15) is 5.10 Å². The van der Waals surface area contributed by atoms with Crippen molar-refractivity contribution in [1.82, 2.24) is 9.55 Å². The number of fused-ring (bicyclic) bond motifs is 1. The largest absolute Gasteiger partial charge is 0.379 e. The molecule has 6 heteroatoms. The summed E-state index contributed by atoms with van der Waals surface area (Å²) in [4.78, 5) is 17.7. The Hall–Kier alpha value is -2.99. The Balaban J connectivity index is 1.93. The Labute approximate surface area is 171 Å². The third-order valence-electron chi connectivity index (χ3n) is 4.57. The standard InChI is InChI=1S/C23H28N4O2/c1-4-20(18-11-6-5-7-12-18)25-26-23-24-21-14-9-8-13-19(21)22(28)27(23)15-10-16-29-17(2)3/h5-9,11-14,17H,4,10,15-16H2,1-3H3,(H,24,26)/b25-20-. The van der Waals surface area contributed by atoms with E-state index in [1.54, 1.807) is 10.6 Å². The highest BCUT2D eigenvalue weighted by Gasteiger charge is 2.11. The maximum atomic E-state index is 13.1. The second kappa shape index (κ2) is 9.98. The minimum atomic E-state index is -0.0735. The number of hydrogen-bond acceptors (Lipinski definition) is 5. The van der Waals surface area contributed by atoms with E-state index in [1.807, 2.05) is 62.4 Å². The molecule has 0 spiro atoms. The summed E-state index contributed by atoms with van der Waals surface area (Å²) < 4.78 is 7.27. The zero-order valence-electron chi connectivity index (χ0n) is 17.3. The van der Waals surface area contributed by atoms with Gasteiger partial charge in [0.05, 0.1) is 22.7 Å². The number of hydrazone groups is 1. The first-order valence-corrected chi connectivity index (χ1v) is 10.1. The van der Waals surface area contributed by atoms with Crippen molar-refractivity contribution in [3.63, 3.8) is 0 Å². The van der Waals surface area contributed by atoms with Crippen molar-refractivity contribution in [3.8, 4) is 0 Å². The highest BCUT2D eigenvalue weighted by atomic mass is 16.5. The highest BCUT2D eigenvalue weighted by molar-refractivity contribution is 6.00. The molecule has 0 amide bonds. The molecule has 152 valence electrons. The molecule has 3 aromatic rings. The van der Waals surface area contributed by atoms with Crippen LogP contribution >= 0.6 is 0 Å². The summed E-state index contributed by atoms with van der Waals surface area (Å²) in [6.45, 7) is 7.15. The van der Waals surface area contributed by atoms with Crippen LogP contribution in [-0.2, 0) is 11.3 Å². The van der Waals surface area contributed by atoms with Crippen molar-refractivity contribution < 1.29 is 4.74 Å². The van der Waals surface area contributed by atoms with Crippen molar-refractivity contribution in [2.24, 2.45) is 5.10 Å². The van der Waals surface area contributed by atoms with E-state index in [2.05, 4.69) is 22.4 Å². The summed E-state index contributed by atoms with van der Waals surface area (Å²) in [6.07, 6.45) is 1.65. The number of ether oxygens (including phenoxy) is 1. The summed E-state index contributed by atoms with van der Waals surface area (Å²) in [5, 5.41) is 5.16. The SMILES string of the molecule is CC/C(=N/Nc1nc2ccccc2c(=O)n1CCCOC(C)C)c1ccccc1. The fourth-order valence-electron chi connectivity index (χ4n) is 3.10. The number of aromatic nitrogens is 2. The van der Waals surface area contributed by atoms with Crippen molar-refractivity contribution >= 4 is 22.6 Å². The third-order valence-corrected chi connectivity index (χ3v) is 4.57. The number of hydrogen-bond donors (Lipinski definition) is 1. The Morgan fingerprint density at radius 1 is 1.14 bits per heavy atom. The van der Waals surface area contributed by atoms with Crippen LogP contribution in [0.15, 0.2) is 64.5 Å². The Morgan fingerprint density at radius 2 is 1.86 bits per heavy atom. The van der Waals surface area contributed by atoms with Gasteiger partial charge in [0, 0.05) is 13.2 Å². The quantitative estimate of drug-likeness (QED) is 0.332. The number of benzene rings is 2. The van der Waals surface area contributed by atoms with Gasteiger partial charge in [0.25, 0.3) is 5.56 Å². The lowest BCUT2D eigenvalue weighted by Crippen LogP contribution is -2.25. The van der Waals surface area contributed by atoms with Crippen LogP contribution in [0.1, 0.15) is 39.2 Å². The van der Waals surface area contributed by atoms with Crippen molar-refractivity contribution in [2.45, 2.75) is 46.3 Å². The minimum Gasteiger partial charge on any atom is -0.379 e. The smallest absolute Gasteiger partial charge is 0.262 e. The fourth-order valence-corrected chi connectivity index (χ4v) is 3.10. The molecule has 0 saturated carbocycles. The second-order valence-corrected chi connectivity index (χ2v) is 7.07. The molecule has 3 rings (SSSR count). The number of para-hydroxylation sites is 1. The molecular formula is C23H28N4O2. The lowest BCUT2D eigenvalue weighted by atomic mass is 10.1. The van der Waals surface area contributed by atoms with Gasteiger partial charge in [0.1, 0.15) is 0 Å².